The third-order valence-electron chi connectivity index (χ3n) is 6.10. The Morgan fingerprint density at radius 3 is 2.79 bits per heavy atom. The molecule has 28 heavy (non-hydrogen) atoms. The van der Waals surface area contributed by atoms with E-state index >= 15 is 0 Å². The van der Waals surface area contributed by atoms with Crippen LogP contribution in [0.25, 0.3) is 16.7 Å². The van der Waals surface area contributed by atoms with Crippen molar-refractivity contribution in [3.8, 4) is 6.07 Å². The van der Waals surface area contributed by atoms with Gasteiger partial charge in [-0.2, -0.15) is 5.26 Å². The minimum atomic E-state index is 0.666. The smallest absolute Gasteiger partial charge is 0.157 e. The number of hydrogen-bond donors (Lipinski definition) is 0. The average Bonchev–Trinajstić information content (AvgIpc) is 3.35. The molecule has 2 aromatic heterocycles. The highest BCUT2D eigenvalue weighted by molar-refractivity contribution is 5.85. The van der Waals surface area contributed by atoms with Gasteiger partial charge in [0.15, 0.2) is 5.65 Å². The number of benzene rings is 1. The molecule has 3 aromatic rings. The number of fused-ring (bicyclic) bond motifs is 3. The van der Waals surface area contributed by atoms with E-state index in [-0.39, 0.29) is 0 Å². The summed E-state index contributed by atoms with van der Waals surface area (Å²) < 4.78 is 7.70. The van der Waals surface area contributed by atoms with Gasteiger partial charge in [0, 0.05) is 39.3 Å². The minimum absolute atomic E-state index is 0.666. The summed E-state index contributed by atoms with van der Waals surface area (Å²) in [6, 6.07) is 12.6. The zero-order chi connectivity index (χ0) is 19.1. The van der Waals surface area contributed by atoms with Crippen molar-refractivity contribution in [1.29, 1.82) is 5.26 Å². The molecule has 1 unspecified atom stereocenters. The highest BCUT2D eigenvalue weighted by Gasteiger charge is 2.25. The topological polar surface area (TPSA) is 56.8 Å². The summed E-state index contributed by atoms with van der Waals surface area (Å²) in [6.07, 6.45) is 1.19. The number of aromatic nitrogens is 2. The average molecular weight is 375 g/mol. The molecule has 0 bridgehead atoms. The van der Waals surface area contributed by atoms with Crippen LogP contribution in [0.5, 0.6) is 0 Å². The fourth-order valence-corrected chi connectivity index (χ4v) is 4.56. The fraction of sp³-hybridized carbons (Fsp3) is 0.455. The van der Waals surface area contributed by atoms with E-state index in [2.05, 4.69) is 32.4 Å². The lowest BCUT2D eigenvalue weighted by Crippen LogP contribution is -2.48. The molecule has 2 fully saturated rings. The molecule has 1 atom stereocenters. The van der Waals surface area contributed by atoms with E-state index < -0.39 is 0 Å². The molecule has 0 radical (unpaired) electrons. The summed E-state index contributed by atoms with van der Waals surface area (Å²) in [5.74, 6) is 1.83. The van der Waals surface area contributed by atoms with E-state index in [1.54, 1.807) is 0 Å². The first-order valence-electron chi connectivity index (χ1n) is 10.1. The third-order valence-corrected chi connectivity index (χ3v) is 6.10. The Hall–Kier alpha value is -2.62. The van der Waals surface area contributed by atoms with Crippen molar-refractivity contribution in [3.63, 3.8) is 0 Å². The first-order chi connectivity index (χ1) is 13.7. The van der Waals surface area contributed by atoms with Crippen LogP contribution in [0.1, 0.15) is 17.5 Å². The lowest BCUT2D eigenvalue weighted by molar-refractivity contribution is 0.164. The molecule has 0 spiro atoms. The minimum Gasteiger partial charge on any atom is -0.381 e. The Morgan fingerprint density at radius 2 is 2.04 bits per heavy atom. The van der Waals surface area contributed by atoms with Crippen LogP contribution < -0.4 is 4.90 Å². The van der Waals surface area contributed by atoms with E-state index in [1.165, 1.54) is 6.42 Å². The summed E-state index contributed by atoms with van der Waals surface area (Å²) in [5, 5.41) is 9.68. The van der Waals surface area contributed by atoms with Crippen LogP contribution in [0.3, 0.4) is 0 Å². The van der Waals surface area contributed by atoms with Gasteiger partial charge >= 0.3 is 0 Å². The molecule has 0 saturated carbocycles. The molecule has 5 rings (SSSR count). The van der Waals surface area contributed by atoms with E-state index in [0.29, 0.717) is 11.5 Å². The second kappa shape index (κ2) is 7.08. The number of nitriles is 1. The predicted octanol–water partition coefficient (Wildman–Crippen LogP) is 2.83. The van der Waals surface area contributed by atoms with E-state index in [4.69, 9.17) is 9.72 Å². The van der Waals surface area contributed by atoms with Gasteiger partial charge in [0.25, 0.3) is 0 Å². The highest BCUT2D eigenvalue weighted by Crippen LogP contribution is 2.29. The molecule has 2 saturated heterocycles. The van der Waals surface area contributed by atoms with E-state index in [0.717, 1.165) is 74.0 Å². The van der Waals surface area contributed by atoms with Crippen LogP contribution in [0, 0.1) is 24.2 Å². The number of pyridine rings is 1. The predicted molar refractivity (Wildman–Crippen MR) is 110 cm³/mol. The zero-order valence-electron chi connectivity index (χ0n) is 16.3. The van der Waals surface area contributed by atoms with Crippen LogP contribution in [0.2, 0.25) is 0 Å². The molecular formula is C22H25N5O. The molecule has 2 aliphatic heterocycles. The van der Waals surface area contributed by atoms with E-state index in [1.807, 2.05) is 25.1 Å². The number of rotatable bonds is 3. The van der Waals surface area contributed by atoms with Crippen LogP contribution in [-0.2, 0) is 4.74 Å². The Morgan fingerprint density at radius 1 is 1.21 bits per heavy atom. The molecule has 0 aliphatic carbocycles. The summed E-state index contributed by atoms with van der Waals surface area (Å²) in [6.45, 7) is 9.08. The highest BCUT2D eigenvalue weighted by atomic mass is 16.5. The number of ether oxygens (including phenoxy) is 1. The normalized spacial score (nSPS) is 20.9. The molecule has 6 nitrogen and oxygen atoms in total. The van der Waals surface area contributed by atoms with Gasteiger partial charge in [0.2, 0.25) is 0 Å². The molecular weight excluding hydrogens is 350 g/mol. The molecule has 2 aliphatic rings. The number of aryl methyl sites for hydroxylation is 1. The van der Waals surface area contributed by atoms with Gasteiger partial charge in [-0.15, -0.1) is 0 Å². The van der Waals surface area contributed by atoms with Crippen LogP contribution in [0.15, 0.2) is 30.3 Å². The summed E-state index contributed by atoms with van der Waals surface area (Å²) in [5.41, 5.74) is 4.43. The van der Waals surface area contributed by atoms with Gasteiger partial charge in [0.1, 0.15) is 11.9 Å². The Labute approximate surface area is 164 Å². The summed E-state index contributed by atoms with van der Waals surface area (Å²) in [7, 11) is 0. The van der Waals surface area contributed by atoms with E-state index in [9.17, 15) is 5.26 Å². The van der Waals surface area contributed by atoms with Crippen molar-refractivity contribution in [2.75, 3.05) is 50.8 Å². The van der Waals surface area contributed by atoms with Crippen molar-refractivity contribution in [3.05, 3.63) is 41.5 Å². The van der Waals surface area contributed by atoms with Gasteiger partial charge < -0.3 is 9.64 Å². The first kappa shape index (κ1) is 17.5. The van der Waals surface area contributed by atoms with Gasteiger partial charge in [0.05, 0.1) is 23.2 Å². The Balaban J connectivity index is 1.48. The number of para-hydroxylation sites is 2. The molecule has 0 amide bonds. The van der Waals surface area contributed by atoms with Crippen molar-refractivity contribution in [1.82, 2.24) is 14.3 Å². The quantitative estimate of drug-likeness (QED) is 0.705. The maximum absolute atomic E-state index is 9.68. The standard InChI is InChI=1S/C22H25N5O/c1-16-12-21(26-9-7-25(8-10-26)14-17-6-11-28-15-17)27-20-5-3-2-4-19(20)24-22(27)18(16)13-23/h2-5,12,17H,6-11,14-15H2,1H3. The first-order valence-corrected chi connectivity index (χ1v) is 10.1. The number of hydrogen-bond acceptors (Lipinski definition) is 5. The second-order valence-electron chi connectivity index (χ2n) is 7.95. The summed E-state index contributed by atoms with van der Waals surface area (Å²) >= 11 is 0. The fourth-order valence-electron chi connectivity index (χ4n) is 4.56. The Bertz CT molecular complexity index is 1050. The SMILES string of the molecule is Cc1cc(N2CCN(CC3CCOC3)CC2)n2c(nc3ccccc32)c1C#N. The lowest BCUT2D eigenvalue weighted by Gasteiger charge is -2.37. The van der Waals surface area contributed by atoms with Crippen molar-refractivity contribution in [2.45, 2.75) is 13.3 Å². The van der Waals surface area contributed by atoms with Crippen molar-refractivity contribution < 1.29 is 4.74 Å². The molecule has 144 valence electrons. The van der Waals surface area contributed by atoms with Gasteiger partial charge in [-0.1, -0.05) is 12.1 Å². The van der Waals surface area contributed by atoms with Crippen LogP contribution >= 0.6 is 0 Å². The van der Waals surface area contributed by atoms with Gasteiger partial charge in [-0.3, -0.25) is 9.30 Å². The van der Waals surface area contributed by atoms with Crippen LogP contribution in [-0.4, -0.2) is 60.2 Å². The molecule has 6 heteroatoms. The van der Waals surface area contributed by atoms with Crippen LogP contribution in [0.4, 0.5) is 5.82 Å². The third kappa shape index (κ3) is 2.92. The number of nitrogens with zero attached hydrogens (tertiary/aromatic N) is 5. The van der Waals surface area contributed by atoms with Gasteiger partial charge in [-0.05, 0) is 43.0 Å². The number of anilines is 1. The summed E-state index contributed by atoms with van der Waals surface area (Å²) in [4.78, 5) is 9.78. The van der Waals surface area contributed by atoms with Crippen molar-refractivity contribution in [2.24, 2.45) is 5.92 Å². The lowest BCUT2D eigenvalue weighted by atomic mass is 10.1. The zero-order valence-corrected chi connectivity index (χ0v) is 16.3. The maximum atomic E-state index is 9.68. The molecule has 1 aromatic carbocycles. The molecule has 0 N–H and O–H groups in total. The maximum Gasteiger partial charge on any atom is 0.157 e. The van der Waals surface area contributed by atoms with Gasteiger partial charge in [-0.25, -0.2) is 4.98 Å². The number of imidazole rings is 1. The monoisotopic (exact) mass is 375 g/mol. The second-order valence-corrected chi connectivity index (χ2v) is 7.95. The largest absolute Gasteiger partial charge is 0.381 e. The Kier molecular flexibility index (Phi) is 4.42. The van der Waals surface area contributed by atoms with Crippen molar-refractivity contribution >= 4 is 22.5 Å². The number of piperazine rings is 1. The molecule has 4 heterocycles.